The number of aromatic nitrogens is 1. The lowest BCUT2D eigenvalue weighted by Crippen LogP contribution is -2.49. The normalized spacial score (nSPS) is 21.3. The summed E-state index contributed by atoms with van der Waals surface area (Å²) in [5.74, 6) is 0. The highest BCUT2D eigenvalue weighted by Crippen LogP contribution is 2.28. The average Bonchev–Trinajstić information content (AvgIpc) is 3.32. The van der Waals surface area contributed by atoms with E-state index in [0.29, 0.717) is 24.8 Å². The molecule has 1 aromatic heterocycles. The molecule has 2 aliphatic rings. The molecule has 1 aliphatic heterocycles. The van der Waals surface area contributed by atoms with E-state index in [-0.39, 0.29) is 9.88 Å². The van der Waals surface area contributed by atoms with Gasteiger partial charge in [-0.15, -0.1) is 0 Å². The predicted octanol–water partition coefficient (Wildman–Crippen LogP) is 0.184. The fourth-order valence-electron chi connectivity index (χ4n) is 2.58. The van der Waals surface area contributed by atoms with Crippen molar-refractivity contribution in [3.63, 3.8) is 0 Å². The molecule has 3 rings (SSSR count). The van der Waals surface area contributed by atoms with Crippen molar-refractivity contribution in [1.29, 1.82) is 0 Å². The van der Waals surface area contributed by atoms with Gasteiger partial charge in [-0.05, 0) is 25.0 Å². The highest BCUT2D eigenvalue weighted by molar-refractivity contribution is 7.89. The van der Waals surface area contributed by atoms with E-state index in [1.807, 2.05) is 0 Å². The number of sulfonamides is 1. The van der Waals surface area contributed by atoms with Gasteiger partial charge < -0.3 is 5.73 Å². The van der Waals surface area contributed by atoms with Crippen LogP contribution in [0.2, 0.25) is 0 Å². The Hall–Kier alpha value is -1.09. The van der Waals surface area contributed by atoms with Crippen molar-refractivity contribution in [2.24, 2.45) is 5.73 Å². The second kappa shape index (κ2) is 5.60. The SMILES string of the molecule is NC(=S)c1ccc(S(=O)(=O)N2CCN(C3CC3)CC2)cn1. The molecule has 0 spiro atoms. The maximum atomic E-state index is 12.6. The highest BCUT2D eigenvalue weighted by Gasteiger charge is 2.34. The molecule has 1 saturated heterocycles. The zero-order valence-corrected chi connectivity index (χ0v) is 13.2. The van der Waals surface area contributed by atoms with Crippen molar-refractivity contribution < 1.29 is 8.42 Å². The Labute approximate surface area is 130 Å². The Morgan fingerprint density at radius 1 is 1.24 bits per heavy atom. The predicted molar refractivity (Wildman–Crippen MR) is 83.5 cm³/mol. The Morgan fingerprint density at radius 2 is 1.90 bits per heavy atom. The molecule has 1 aliphatic carbocycles. The molecule has 6 nitrogen and oxygen atoms in total. The highest BCUT2D eigenvalue weighted by atomic mass is 32.2. The van der Waals surface area contributed by atoms with E-state index in [1.54, 1.807) is 6.07 Å². The van der Waals surface area contributed by atoms with Gasteiger partial charge in [0.1, 0.15) is 9.88 Å². The van der Waals surface area contributed by atoms with Crippen molar-refractivity contribution in [1.82, 2.24) is 14.2 Å². The lowest BCUT2D eigenvalue weighted by atomic mass is 10.3. The van der Waals surface area contributed by atoms with E-state index in [0.717, 1.165) is 13.1 Å². The van der Waals surface area contributed by atoms with Crippen molar-refractivity contribution >= 4 is 27.2 Å². The lowest BCUT2D eigenvalue weighted by Gasteiger charge is -2.33. The van der Waals surface area contributed by atoms with Gasteiger partial charge in [0.05, 0.1) is 5.69 Å². The molecule has 2 fully saturated rings. The first-order chi connectivity index (χ1) is 9.98. The minimum Gasteiger partial charge on any atom is -0.388 e. The quantitative estimate of drug-likeness (QED) is 0.796. The maximum Gasteiger partial charge on any atom is 0.244 e. The van der Waals surface area contributed by atoms with Crippen LogP contribution in [0.3, 0.4) is 0 Å². The molecule has 1 saturated carbocycles. The van der Waals surface area contributed by atoms with E-state index in [4.69, 9.17) is 18.0 Å². The van der Waals surface area contributed by atoms with Gasteiger partial charge in [-0.1, -0.05) is 12.2 Å². The zero-order chi connectivity index (χ0) is 15.0. The number of hydrogen-bond donors (Lipinski definition) is 1. The average molecular weight is 326 g/mol. The van der Waals surface area contributed by atoms with Gasteiger partial charge in [-0.2, -0.15) is 4.31 Å². The van der Waals surface area contributed by atoms with Gasteiger partial charge in [0.15, 0.2) is 0 Å². The molecule has 0 radical (unpaired) electrons. The smallest absolute Gasteiger partial charge is 0.244 e. The maximum absolute atomic E-state index is 12.6. The minimum atomic E-state index is -3.47. The van der Waals surface area contributed by atoms with E-state index < -0.39 is 10.0 Å². The summed E-state index contributed by atoms with van der Waals surface area (Å²) in [4.78, 5) is 6.75. The number of hydrogen-bond acceptors (Lipinski definition) is 5. The zero-order valence-electron chi connectivity index (χ0n) is 11.6. The molecule has 8 heteroatoms. The molecular formula is C13H18N4O2S2. The van der Waals surface area contributed by atoms with Gasteiger partial charge in [0.2, 0.25) is 10.0 Å². The number of thiocarbonyl (C=S) groups is 1. The van der Waals surface area contributed by atoms with Crippen LogP contribution in [-0.2, 0) is 10.0 Å². The first kappa shape index (κ1) is 14.8. The van der Waals surface area contributed by atoms with Gasteiger partial charge in [0.25, 0.3) is 0 Å². The fraction of sp³-hybridized carbons (Fsp3) is 0.538. The summed E-state index contributed by atoms with van der Waals surface area (Å²) in [5.41, 5.74) is 5.90. The van der Waals surface area contributed by atoms with Crippen LogP contribution in [0.15, 0.2) is 23.2 Å². The van der Waals surface area contributed by atoms with Crippen LogP contribution in [-0.4, -0.2) is 59.8 Å². The van der Waals surface area contributed by atoms with Crippen molar-refractivity contribution in [3.05, 3.63) is 24.0 Å². The van der Waals surface area contributed by atoms with E-state index >= 15 is 0 Å². The van der Waals surface area contributed by atoms with Gasteiger partial charge in [0, 0.05) is 38.4 Å². The van der Waals surface area contributed by atoms with Crippen LogP contribution in [0.1, 0.15) is 18.5 Å². The van der Waals surface area contributed by atoms with Crippen molar-refractivity contribution in [2.45, 2.75) is 23.8 Å². The van der Waals surface area contributed by atoms with Crippen molar-refractivity contribution in [3.8, 4) is 0 Å². The Balaban J connectivity index is 1.72. The summed E-state index contributed by atoms with van der Waals surface area (Å²) >= 11 is 4.82. The molecule has 21 heavy (non-hydrogen) atoms. The minimum absolute atomic E-state index is 0.164. The third kappa shape index (κ3) is 3.08. The summed E-state index contributed by atoms with van der Waals surface area (Å²) in [5, 5.41) is 0. The van der Waals surface area contributed by atoms with Crippen LogP contribution in [0.4, 0.5) is 0 Å². The number of pyridine rings is 1. The number of nitrogens with two attached hydrogens (primary N) is 1. The monoisotopic (exact) mass is 326 g/mol. The fourth-order valence-corrected chi connectivity index (χ4v) is 4.07. The Bertz CT molecular complexity index is 633. The van der Waals surface area contributed by atoms with Gasteiger partial charge in [-0.3, -0.25) is 9.88 Å². The second-order valence-corrected chi connectivity index (χ2v) is 7.79. The molecule has 114 valence electrons. The number of nitrogens with zero attached hydrogens (tertiary/aromatic N) is 3. The van der Waals surface area contributed by atoms with Crippen LogP contribution in [0, 0.1) is 0 Å². The second-order valence-electron chi connectivity index (χ2n) is 5.41. The summed E-state index contributed by atoms with van der Waals surface area (Å²) in [6.07, 6.45) is 3.82. The standard InChI is InChI=1S/C13H18N4O2S2/c14-13(20)12-4-3-11(9-15-12)21(18,19)17-7-5-16(6-8-17)10-1-2-10/h3-4,9-10H,1-2,5-8H2,(H2,14,20). The summed E-state index contributed by atoms with van der Waals surface area (Å²) < 4.78 is 26.7. The van der Waals surface area contributed by atoms with Gasteiger partial charge in [-0.25, -0.2) is 8.42 Å². The topological polar surface area (TPSA) is 79.5 Å². The van der Waals surface area contributed by atoms with Crippen molar-refractivity contribution in [2.75, 3.05) is 26.2 Å². The van der Waals surface area contributed by atoms with E-state index in [9.17, 15) is 8.42 Å². The molecule has 0 amide bonds. The first-order valence-electron chi connectivity index (χ1n) is 6.98. The van der Waals surface area contributed by atoms with Crippen LogP contribution >= 0.6 is 12.2 Å². The summed E-state index contributed by atoms with van der Waals surface area (Å²) in [6, 6.07) is 3.75. The van der Waals surface area contributed by atoms with Gasteiger partial charge >= 0.3 is 0 Å². The molecule has 2 N–H and O–H groups in total. The molecule has 2 heterocycles. The van der Waals surface area contributed by atoms with Crippen LogP contribution in [0.25, 0.3) is 0 Å². The van der Waals surface area contributed by atoms with Crippen LogP contribution in [0.5, 0.6) is 0 Å². The molecule has 0 aromatic carbocycles. The summed E-state index contributed by atoms with van der Waals surface area (Å²) in [7, 11) is -3.47. The number of piperazine rings is 1. The molecule has 1 aromatic rings. The Kier molecular flexibility index (Phi) is 3.96. The summed E-state index contributed by atoms with van der Waals surface area (Å²) in [6.45, 7) is 2.69. The number of rotatable bonds is 4. The molecule has 0 unspecified atom stereocenters. The molecule has 0 bridgehead atoms. The Morgan fingerprint density at radius 3 is 2.38 bits per heavy atom. The lowest BCUT2D eigenvalue weighted by molar-refractivity contribution is 0.180. The first-order valence-corrected chi connectivity index (χ1v) is 8.83. The van der Waals surface area contributed by atoms with E-state index in [1.165, 1.54) is 29.4 Å². The van der Waals surface area contributed by atoms with E-state index in [2.05, 4.69) is 9.88 Å². The largest absolute Gasteiger partial charge is 0.388 e. The third-order valence-corrected chi connectivity index (χ3v) is 6.05. The third-order valence-electron chi connectivity index (χ3n) is 3.96. The molecular weight excluding hydrogens is 308 g/mol. The van der Waals surface area contributed by atoms with Crippen LogP contribution < -0.4 is 5.73 Å². The molecule has 0 atom stereocenters.